The van der Waals surface area contributed by atoms with Crippen molar-refractivity contribution in [1.29, 1.82) is 0 Å². The number of fused-ring (bicyclic) bond motifs is 1. The number of aromatic nitrogens is 2. The van der Waals surface area contributed by atoms with E-state index in [0.29, 0.717) is 30.4 Å². The second-order valence-electron chi connectivity index (χ2n) is 6.10. The number of nitrogens with two attached hydrogens (primary N) is 1. The lowest BCUT2D eigenvalue weighted by Gasteiger charge is -2.42. The number of hydrogen-bond acceptors (Lipinski definition) is 4. The minimum Gasteiger partial charge on any atom is -0.329 e. The molecule has 1 aliphatic heterocycles. The quantitative estimate of drug-likeness (QED) is 0.905. The van der Waals surface area contributed by atoms with Crippen molar-refractivity contribution in [3.63, 3.8) is 0 Å². The van der Waals surface area contributed by atoms with Crippen molar-refractivity contribution < 1.29 is 8.42 Å². The molecule has 2 atom stereocenters. The Morgan fingerprint density at radius 1 is 1.24 bits per heavy atom. The fourth-order valence-electron chi connectivity index (χ4n) is 3.75. The second-order valence-corrected chi connectivity index (χ2v) is 7.99. The van der Waals surface area contributed by atoms with Crippen molar-refractivity contribution in [2.45, 2.75) is 56.0 Å². The van der Waals surface area contributed by atoms with E-state index in [1.54, 1.807) is 15.2 Å². The highest BCUT2D eigenvalue weighted by Gasteiger charge is 2.40. The topological polar surface area (TPSA) is 81.2 Å². The Kier molecular flexibility index (Phi) is 4.33. The van der Waals surface area contributed by atoms with Gasteiger partial charge in [-0.3, -0.25) is 4.68 Å². The standard InChI is InChI=1S/C14H24N4O2S/c15-7-9-17-11-13(10-16-17)21(19,20)18-8-3-5-12-4-1-2-6-14(12)18/h10-12,14H,1-9,15H2/t12-,14-/m1/s1. The minimum absolute atomic E-state index is 0.190. The highest BCUT2D eigenvalue weighted by molar-refractivity contribution is 7.89. The number of nitrogens with zero attached hydrogens (tertiary/aromatic N) is 3. The molecule has 1 aromatic rings. The van der Waals surface area contributed by atoms with Crippen LogP contribution in [-0.4, -0.2) is 41.6 Å². The van der Waals surface area contributed by atoms with E-state index in [2.05, 4.69) is 5.10 Å². The summed E-state index contributed by atoms with van der Waals surface area (Å²) in [6.07, 6.45) is 9.75. The fourth-order valence-corrected chi connectivity index (χ4v) is 5.45. The summed E-state index contributed by atoms with van der Waals surface area (Å²) in [6.45, 7) is 1.64. The largest absolute Gasteiger partial charge is 0.329 e. The van der Waals surface area contributed by atoms with Gasteiger partial charge in [-0.15, -0.1) is 0 Å². The van der Waals surface area contributed by atoms with E-state index in [0.717, 1.165) is 19.3 Å². The molecule has 0 radical (unpaired) electrons. The van der Waals surface area contributed by atoms with E-state index in [1.807, 2.05) is 0 Å². The van der Waals surface area contributed by atoms with E-state index in [4.69, 9.17) is 5.73 Å². The Hall–Kier alpha value is -0.920. The van der Waals surface area contributed by atoms with E-state index in [1.165, 1.54) is 25.5 Å². The normalized spacial score (nSPS) is 27.5. The molecule has 0 amide bonds. The second kappa shape index (κ2) is 6.06. The maximum atomic E-state index is 12.9. The lowest BCUT2D eigenvalue weighted by Crippen LogP contribution is -2.49. The van der Waals surface area contributed by atoms with E-state index in [9.17, 15) is 8.42 Å². The summed E-state index contributed by atoms with van der Waals surface area (Å²) in [5, 5.41) is 4.10. The molecule has 21 heavy (non-hydrogen) atoms. The van der Waals surface area contributed by atoms with Gasteiger partial charge in [-0.2, -0.15) is 9.40 Å². The van der Waals surface area contributed by atoms with Gasteiger partial charge < -0.3 is 5.73 Å². The van der Waals surface area contributed by atoms with Crippen LogP contribution in [0.15, 0.2) is 17.3 Å². The summed E-state index contributed by atoms with van der Waals surface area (Å²) < 4.78 is 29.1. The molecule has 2 aliphatic rings. The average Bonchev–Trinajstić information content (AvgIpc) is 2.96. The van der Waals surface area contributed by atoms with Gasteiger partial charge in [0.1, 0.15) is 4.90 Å². The summed E-state index contributed by atoms with van der Waals surface area (Å²) in [6, 6.07) is 0.190. The molecule has 1 saturated carbocycles. The SMILES string of the molecule is NCCn1cc(S(=O)(=O)N2CCC[C@H]3CCCC[C@H]32)cn1. The molecule has 0 bridgehead atoms. The highest BCUT2D eigenvalue weighted by atomic mass is 32.2. The third kappa shape index (κ3) is 2.86. The Morgan fingerprint density at radius 2 is 2.00 bits per heavy atom. The molecule has 2 fully saturated rings. The van der Waals surface area contributed by atoms with Gasteiger partial charge in [0.2, 0.25) is 10.0 Å². The van der Waals surface area contributed by atoms with Crippen molar-refractivity contribution in [3.05, 3.63) is 12.4 Å². The molecule has 0 aromatic carbocycles. The lowest BCUT2D eigenvalue weighted by molar-refractivity contribution is 0.129. The van der Waals surface area contributed by atoms with Crippen LogP contribution in [0.3, 0.4) is 0 Å². The van der Waals surface area contributed by atoms with Gasteiger partial charge in [0.15, 0.2) is 0 Å². The van der Waals surface area contributed by atoms with Crippen LogP contribution in [0.1, 0.15) is 38.5 Å². The van der Waals surface area contributed by atoms with Crippen molar-refractivity contribution in [2.75, 3.05) is 13.1 Å². The highest BCUT2D eigenvalue weighted by Crippen LogP contribution is 2.37. The van der Waals surface area contributed by atoms with E-state index < -0.39 is 10.0 Å². The van der Waals surface area contributed by atoms with Gasteiger partial charge >= 0.3 is 0 Å². The van der Waals surface area contributed by atoms with Gasteiger partial charge in [-0.25, -0.2) is 8.42 Å². The zero-order chi connectivity index (χ0) is 14.9. The monoisotopic (exact) mass is 312 g/mol. The van der Waals surface area contributed by atoms with Gasteiger partial charge in [-0.05, 0) is 31.6 Å². The number of rotatable bonds is 4. The Bertz CT molecular complexity index is 582. The summed E-state index contributed by atoms with van der Waals surface area (Å²) in [5.41, 5.74) is 5.49. The molecule has 1 aliphatic carbocycles. The van der Waals surface area contributed by atoms with Crippen molar-refractivity contribution in [1.82, 2.24) is 14.1 Å². The van der Waals surface area contributed by atoms with Crippen molar-refractivity contribution in [3.8, 4) is 0 Å². The molecule has 2 N–H and O–H groups in total. The van der Waals surface area contributed by atoms with Gasteiger partial charge in [-0.1, -0.05) is 12.8 Å². The molecule has 1 saturated heterocycles. The fraction of sp³-hybridized carbons (Fsp3) is 0.786. The third-order valence-corrected chi connectivity index (χ3v) is 6.64. The Morgan fingerprint density at radius 3 is 2.81 bits per heavy atom. The molecule has 118 valence electrons. The van der Waals surface area contributed by atoms with Crippen LogP contribution in [-0.2, 0) is 16.6 Å². The molecule has 3 rings (SSSR count). The van der Waals surface area contributed by atoms with Gasteiger partial charge in [0, 0.05) is 25.3 Å². The molecular formula is C14H24N4O2S. The van der Waals surface area contributed by atoms with Crippen LogP contribution >= 0.6 is 0 Å². The first-order valence-corrected chi connectivity index (χ1v) is 9.31. The Balaban J connectivity index is 1.85. The third-order valence-electron chi connectivity index (χ3n) is 4.77. The summed E-state index contributed by atoms with van der Waals surface area (Å²) >= 11 is 0. The van der Waals surface area contributed by atoms with Crippen LogP contribution in [0.2, 0.25) is 0 Å². The number of sulfonamides is 1. The van der Waals surface area contributed by atoms with Gasteiger partial charge in [0.05, 0.1) is 12.7 Å². The summed E-state index contributed by atoms with van der Waals surface area (Å²) in [7, 11) is -3.42. The predicted octanol–water partition coefficient (Wildman–Crippen LogP) is 1.19. The maximum absolute atomic E-state index is 12.9. The van der Waals surface area contributed by atoms with Crippen LogP contribution in [0, 0.1) is 5.92 Å². The Labute approximate surface area is 126 Å². The first-order chi connectivity index (χ1) is 10.1. The lowest BCUT2D eigenvalue weighted by atomic mass is 9.79. The van der Waals surface area contributed by atoms with E-state index >= 15 is 0 Å². The molecule has 6 nitrogen and oxygen atoms in total. The maximum Gasteiger partial charge on any atom is 0.246 e. The number of hydrogen-bond donors (Lipinski definition) is 1. The average molecular weight is 312 g/mol. The first kappa shape index (κ1) is 15.0. The van der Waals surface area contributed by atoms with E-state index in [-0.39, 0.29) is 6.04 Å². The molecule has 0 spiro atoms. The van der Waals surface area contributed by atoms with Crippen LogP contribution in [0.4, 0.5) is 0 Å². The molecule has 1 aromatic heterocycles. The van der Waals surface area contributed by atoms with Crippen molar-refractivity contribution in [2.24, 2.45) is 11.7 Å². The van der Waals surface area contributed by atoms with Crippen molar-refractivity contribution >= 4 is 10.0 Å². The molecule has 7 heteroatoms. The minimum atomic E-state index is -3.42. The van der Waals surface area contributed by atoms with Crippen LogP contribution in [0.5, 0.6) is 0 Å². The number of piperidine rings is 1. The molecule has 2 heterocycles. The summed E-state index contributed by atoms with van der Waals surface area (Å²) in [5.74, 6) is 0.543. The van der Waals surface area contributed by atoms with Crippen LogP contribution < -0.4 is 5.73 Å². The smallest absolute Gasteiger partial charge is 0.246 e. The molecular weight excluding hydrogens is 288 g/mol. The molecule has 0 unspecified atom stereocenters. The first-order valence-electron chi connectivity index (χ1n) is 7.87. The zero-order valence-corrected chi connectivity index (χ0v) is 13.1. The van der Waals surface area contributed by atoms with Crippen LogP contribution in [0.25, 0.3) is 0 Å². The zero-order valence-electron chi connectivity index (χ0n) is 12.3. The van der Waals surface area contributed by atoms with Gasteiger partial charge in [0.25, 0.3) is 0 Å². The predicted molar refractivity (Wildman–Crippen MR) is 80.2 cm³/mol. The summed E-state index contributed by atoms with van der Waals surface area (Å²) in [4.78, 5) is 0.308.